The van der Waals surface area contributed by atoms with E-state index >= 15 is 0 Å². The van der Waals surface area contributed by atoms with Crippen molar-refractivity contribution in [2.75, 3.05) is 26.4 Å². The van der Waals surface area contributed by atoms with E-state index in [1.807, 2.05) is 30.4 Å². The maximum Gasteiger partial charge on any atom is 0.472 e. The number of allylic oxidation sites excluding steroid dienone is 15. The Morgan fingerprint density at radius 3 is 1.83 bits per heavy atom. The molecule has 1 aliphatic carbocycles. The number of ketones is 1. The normalized spacial score (nSPS) is 19.8. The second kappa shape index (κ2) is 37.6. The van der Waals surface area contributed by atoms with Gasteiger partial charge in [-0.25, -0.2) is 9.13 Å². The lowest BCUT2D eigenvalue weighted by molar-refractivity contribution is -0.161. The topological polar surface area (TPSA) is 253 Å². The molecule has 0 spiro atoms. The van der Waals surface area contributed by atoms with E-state index in [2.05, 4.69) is 77.6 Å². The van der Waals surface area contributed by atoms with Gasteiger partial charge >= 0.3 is 27.6 Å². The van der Waals surface area contributed by atoms with Crippen LogP contribution in [-0.4, -0.2) is 98.6 Å². The number of phosphoric acid groups is 2. The van der Waals surface area contributed by atoms with Gasteiger partial charge in [-0.2, -0.15) is 0 Å². The number of aliphatic hydroxyl groups excluding tert-OH is 3. The number of unbranched alkanes of at least 4 members (excludes halogenated alkanes) is 3. The van der Waals surface area contributed by atoms with Crippen LogP contribution in [0, 0.1) is 11.8 Å². The summed E-state index contributed by atoms with van der Waals surface area (Å²) in [4.78, 5) is 65.5. The Morgan fingerprint density at radius 2 is 1.24 bits per heavy atom. The Morgan fingerprint density at radius 1 is 0.682 bits per heavy atom. The predicted molar refractivity (Wildman–Crippen MR) is 254 cm³/mol. The molecule has 1 unspecified atom stereocenters. The molecular weight excluding hydrogens is 894 g/mol. The first-order valence-corrected chi connectivity index (χ1v) is 26.1. The summed E-state index contributed by atoms with van der Waals surface area (Å²) < 4.78 is 47.7. The molecule has 6 N–H and O–H groups in total. The van der Waals surface area contributed by atoms with Gasteiger partial charge in [0.25, 0.3) is 0 Å². The molecular formula is C48H76O16P2. The zero-order chi connectivity index (χ0) is 48.9. The molecule has 1 aliphatic rings. The van der Waals surface area contributed by atoms with Gasteiger partial charge in [-0.05, 0) is 70.6 Å². The zero-order valence-corrected chi connectivity index (χ0v) is 40.5. The lowest BCUT2D eigenvalue weighted by atomic mass is 9.90. The van der Waals surface area contributed by atoms with Gasteiger partial charge in [0.05, 0.1) is 32.0 Å². The molecule has 18 heteroatoms. The summed E-state index contributed by atoms with van der Waals surface area (Å²) >= 11 is 0. The van der Waals surface area contributed by atoms with Crippen LogP contribution in [0.25, 0.3) is 0 Å². The van der Waals surface area contributed by atoms with Crippen LogP contribution in [0.5, 0.6) is 0 Å². The van der Waals surface area contributed by atoms with Crippen molar-refractivity contribution in [2.45, 2.75) is 147 Å². The Bertz CT molecular complexity index is 1690. The molecule has 0 heterocycles. The third kappa shape index (κ3) is 34.0. The van der Waals surface area contributed by atoms with Gasteiger partial charge in [0.15, 0.2) is 6.10 Å². The van der Waals surface area contributed by atoms with E-state index in [0.717, 1.165) is 51.4 Å². The number of aliphatic hydroxyl groups is 3. The van der Waals surface area contributed by atoms with E-state index in [1.165, 1.54) is 0 Å². The SMILES string of the molecule is CC/C=C\C/C=C\C/C=C\C/C=C\C/C=C\C/C=C\CCC(=O)OC[C@H](COP(=O)(O)OC[C@@H](O)COP(=O)(O)O)OC(=O)CCC/C=C\C[C@H]1[C@@H](O)CC(=O)[C@@H]1/C=C/[C@@H](O)CCCCC. The maximum atomic E-state index is 12.8. The fourth-order valence-electron chi connectivity index (χ4n) is 6.29. The van der Waals surface area contributed by atoms with Crippen molar-refractivity contribution in [2.24, 2.45) is 11.8 Å². The second-order valence-electron chi connectivity index (χ2n) is 15.7. The van der Waals surface area contributed by atoms with Gasteiger partial charge in [0.1, 0.15) is 18.5 Å². The third-order valence-electron chi connectivity index (χ3n) is 9.84. The molecule has 1 rings (SSSR count). The first-order valence-electron chi connectivity index (χ1n) is 23.0. The highest BCUT2D eigenvalue weighted by molar-refractivity contribution is 7.47. The summed E-state index contributed by atoms with van der Waals surface area (Å²) in [6.07, 6.45) is 37.8. The van der Waals surface area contributed by atoms with Gasteiger partial charge in [0.2, 0.25) is 0 Å². The summed E-state index contributed by atoms with van der Waals surface area (Å²) in [5.74, 6) is -2.26. The summed E-state index contributed by atoms with van der Waals surface area (Å²) in [6, 6.07) is 0. The Balaban J connectivity index is 2.61. The molecule has 374 valence electrons. The number of esters is 2. The molecule has 7 atom stereocenters. The molecule has 1 saturated carbocycles. The van der Waals surface area contributed by atoms with Crippen molar-refractivity contribution in [1.29, 1.82) is 0 Å². The van der Waals surface area contributed by atoms with Crippen molar-refractivity contribution in [3.63, 3.8) is 0 Å². The van der Waals surface area contributed by atoms with E-state index in [9.17, 15) is 43.7 Å². The number of carbonyl (C=O) groups excluding carboxylic acids is 3. The van der Waals surface area contributed by atoms with Crippen LogP contribution < -0.4 is 0 Å². The molecule has 0 aliphatic heterocycles. The molecule has 0 bridgehead atoms. The van der Waals surface area contributed by atoms with Crippen LogP contribution in [0.15, 0.2) is 97.2 Å². The van der Waals surface area contributed by atoms with Crippen molar-refractivity contribution in [1.82, 2.24) is 0 Å². The largest absolute Gasteiger partial charge is 0.472 e. The molecule has 66 heavy (non-hydrogen) atoms. The van der Waals surface area contributed by atoms with E-state index in [1.54, 1.807) is 12.2 Å². The molecule has 16 nitrogen and oxygen atoms in total. The molecule has 0 aromatic rings. The fourth-order valence-corrected chi connectivity index (χ4v) is 7.45. The monoisotopic (exact) mass is 970 g/mol. The van der Waals surface area contributed by atoms with Crippen molar-refractivity contribution >= 4 is 33.4 Å². The first kappa shape index (κ1) is 60.6. The van der Waals surface area contributed by atoms with Gasteiger partial charge in [-0.3, -0.25) is 28.0 Å². The van der Waals surface area contributed by atoms with E-state index in [0.29, 0.717) is 38.5 Å². The summed E-state index contributed by atoms with van der Waals surface area (Å²) in [5, 5.41) is 30.5. The Kier molecular flexibility index (Phi) is 34.5. The first-order chi connectivity index (χ1) is 31.6. The number of phosphoric ester groups is 2. The highest BCUT2D eigenvalue weighted by atomic mass is 31.2. The second-order valence-corrected chi connectivity index (χ2v) is 18.4. The summed E-state index contributed by atoms with van der Waals surface area (Å²) in [7, 11) is -9.82. The Labute approximate surface area is 391 Å². The number of Topliss-reactive ketones (excluding diaryl/α,β-unsaturated/α-hetero) is 1. The standard InChI is InChI=1S/C48H76O16P2/c1-3-5-7-8-9-10-11-12-13-14-15-16-17-18-19-20-21-22-27-31-47(53)60-38-42(39-63-66(58,59)62-37-41(50)36-61-65(55,56)57)64-48(54)32-28-24-23-26-30-43-44(46(52)35-45(43)51)34-33-40(49)29-25-6-4-2/h5,7,9-10,12-13,15-16,18-19,21-23,26,33-34,40-45,49-51H,3-4,6,8,11,14,17,20,24-25,27-32,35-39H2,1-2H3,(H,58,59)(H2,55,56,57)/b7-5-,10-9-,13-12-,16-15-,19-18-,22-21-,26-23-,34-33+/t40-,41-,42+,43+,44+,45-/m0/s1. The number of ether oxygens (including phenoxy) is 2. The number of hydrogen-bond donors (Lipinski definition) is 6. The minimum absolute atomic E-state index is 0.0102. The van der Waals surface area contributed by atoms with Crippen LogP contribution in [-0.2, 0) is 46.6 Å². The van der Waals surface area contributed by atoms with Crippen molar-refractivity contribution in [3.05, 3.63) is 97.2 Å². The maximum absolute atomic E-state index is 12.8. The van der Waals surface area contributed by atoms with E-state index in [4.69, 9.17) is 23.8 Å². The molecule has 0 aromatic heterocycles. The third-order valence-corrected chi connectivity index (χ3v) is 11.3. The van der Waals surface area contributed by atoms with E-state index < -0.39 is 84.3 Å². The van der Waals surface area contributed by atoms with Crippen LogP contribution in [0.1, 0.15) is 123 Å². The van der Waals surface area contributed by atoms with Gasteiger partial charge in [-0.1, -0.05) is 130 Å². The van der Waals surface area contributed by atoms with Crippen molar-refractivity contribution < 1.29 is 76.6 Å². The summed E-state index contributed by atoms with van der Waals surface area (Å²) in [5.41, 5.74) is 0. The number of carbonyl (C=O) groups is 3. The van der Waals surface area contributed by atoms with Crippen molar-refractivity contribution in [3.8, 4) is 0 Å². The smallest absolute Gasteiger partial charge is 0.462 e. The molecule has 0 radical (unpaired) electrons. The highest BCUT2D eigenvalue weighted by Gasteiger charge is 2.39. The average Bonchev–Trinajstić information content (AvgIpc) is 3.54. The summed E-state index contributed by atoms with van der Waals surface area (Å²) in [6.45, 7) is 1.13. The molecule has 0 saturated heterocycles. The molecule has 0 amide bonds. The fraction of sp³-hybridized carbons (Fsp3) is 0.604. The lowest BCUT2D eigenvalue weighted by Crippen LogP contribution is -2.29. The predicted octanol–water partition coefficient (Wildman–Crippen LogP) is 8.70. The number of hydrogen-bond acceptors (Lipinski definition) is 13. The minimum atomic E-state index is -4.91. The highest BCUT2D eigenvalue weighted by Crippen LogP contribution is 2.44. The van der Waals surface area contributed by atoms with Crippen LogP contribution in [0.2, 0.25) is 0 Å². The van der Waals surface area contributed by atoms with Crippen LogP contribution >= 0.6 is 15.6 Å². The average molecular weight is 971 g/mol. The van der Waals surface area contributed by atoms with Crippen LogP contribution in [0.3, 0.4) is 0 Å². The van der Waals surface area contributed by atoms with E-state index in [-0.39, 0.29) is 31.0 Å². The van der Waals surface area contributed by atoms with Gasteiger partial charge in [0, 0.05) is 31.1 Å². The molecule has 0 aromatic carbocycles. The minimum Gasteiger partial charge on any atom is -0.462 e. The van der Waals surface area contributed by atoms with Crippen LogP contribution in [0.4, 0.5) is 0 Å². The molecule has 1 fully saturated rings. The van der Waals surface area contributed by atoms with Gasteiger partial charge in [-0.15, -0.1) is 0 Å². The zero-order valence-electron chi connectivity index (χ0n) is 38.7. The lowest BCUT2D eigenvalue weighted by Gasteiger charge is -2.20. The number of rotatable bonds is 38. The van der Waals surface area contributed by atoms with Gasteiger partial charge < -0.3 is 39.5 Å². The Hall–Kier alpha value is -3.37. The quantitative estimate of drug-likeness (QED) is 0.0146.